The number of piperazine rings is 1. The normalized spacial score (nSPS) is 26.9. The summed E-state index contributed by atoms with van der Waals surface area (Å²) in [6.07, 6.45) is -0.218. The first kappa shape index (κ1) is 13.9. The van der Waals surface area contributed by atoms with Crippen LogP contribution in [0.1, 0.15) is 13.8 Å². The number of rotatable bonds is 5. The van der Waals surface area contributed by atoms with E-state index in [2.05, 4.69) is 5.32 Å². The van der Waals surface area contributed by atoms with Gasteiger partial charge in [0, 0.05) is 20.8 Å². The molecule has 6 heteroatoms. The molecule has 1 N–H and O–H groups in total. The molecule has 0 saturated carbocycles. The molecule has 3 atom stereocenters. The SMILES string of the molecule is COCC(CN1C(=O)C(C)NC(=O)C1C)OC. The third-order valence-corrected chi connectivity index (χ3v) is 2.95. The van der Waals surface area contributed by atoms with Crippen LogP contribution >= 0.6 is 0 Å². The maximum atomic E-state index is 12.0. The number of nitrogens with zero attached hydrogens (tertiary/aromatic N) is 1. The summed E-state index contributed by atoms with van der Waals surface area (Å²) in [6.45, 7) is 4.14. The predicted molar refractivity (Wildman–Crippen MR) is 61.5 cm³/mol. The van der Waals surface area contributed by atoms with Crippen molar-refractivity contribution in [3.8, 4) is 0 Å². The minimum atomic E-state index is -0.473. The Morgan fingerprint density at radius 1 is 1.35 bits per heavy atom. The molecular weight excluding hydrogens is 224 g/mol. The molecule has 6 nitrogen and oxygen atoms in total. The van der Waals surface area contributed by atoms with Crippen LogP contribution in [-0.2, 0) is 19.1 Å². The molecule has 2 amide bonds. The predicted octanol–water partition coefficient (Wildman–Crippen LogP) is -0.617. The average Bonchev–Trinajstić information content (AvgIpc) is 2.30. The highest BCUT2D eigenvalue weighted by molar-refractivity contribution is 5.96. The van der Waals surface area contributed by atoms with Gasteiger partial charge in [-0.05, 0) is 13.8 Å². The summed E-state index contributed by atoms with van der Waals surface area (Å²) in [4.78, 5) is 25.1. The molecule has 1 aliphatic rings. The Labute approximate surface area is 101 Å². The van der Waals surface area contributed by atoms with Crippen molar-refractivity contribution in [2.24, 2.45) is 0 Å². The molecule has 0 bridgehead atoms. The van der Waals surface area contributed by atoms with Gasteiger partial charge in [0.25, 0.3) is 0 Å². The summed E-state index contributed by atoms with van der Waals surface area (Å²) in [7, 11) is 3.13. The van der Waals surface area contributed by atoms with Gasteiger partial charge in [-0.25, -0.2) is 0 Å². The molecule has 0 aromatic carbocycles. The van der Waals surface area contributed by atoms with Crippen LogP contribution in [0.25, 0.3) is 0 Å². The van der Waals surface area contributed by atoms with Gasteiger partial charge in [0.1, 0.15) is 12.1 Å². The van der Waals surface area contributed by atoms with Crippen LogP contribution in [0.5, 0.6) is 0 Å². The molecule has 17 heavy (non-hydrogen) atoms. The highest BCUT2D eigenvalue weighted by Gasteiger charge is 2.36. The number of nitrogens with one attached hydrogen (secondary N) is 1. The molecule has 1 fully saturated rings. The van der Waals surface area contributed by atoms with Crippen molar-refractivity contribution in [3.63, 3.8) is 0 Å². The van der Waals surface area contributed by atoms with Gasteiger partial charge in [0.05, 0.1) is 12.7 Å². The van der Waals surface area contributed by atoms with Crippen LogP contribution in [0.4, 0.5) is 0 Å². The molecule has 0 aliphatic carbocycles. The molecule has 0 aromatic rings. The van der Waals surface area contributed by atoms with E-state index >= 15 is 0 Å². The highest BCUT2D eigenvalue weighted by atomic mass is 16.5. The van der Waals surface area contributed by atoms with Gasteiger partial charge in [-0.1, -0.05) is 0 Å². The molecule has 0 radical (unpaired) electrons. The van der Waals surface area contributed by atoms with Crippen molar-refractivity contribution in [1.82, 2.24) is 10.2 Å². The monoisotopic (exact) mass is 244 g/mol. The van der Waals surface area contributed by atoms with E-state index in [0.717, 1.165) is 0 Å². The summed E-state index contributed by atoms with van der Waals surface area (Å²) in [5.41, 5.74) is 0. The standard InChI is InChI=1S/C11H20N2O4/c1-7-11(15)13(8(2)10(14)12-7)5-9(17-4)6-16-3/h7-9H,5-6H2,1-4H3,(H,12,14). The minimum absolute atomic E-state index is 0.0877. The number of hydrogen-bond donors (Lipinski definition) is 1. The van der Waals surface area contributed by atoms with E-state index in [-0.39, 0.29) is 17.9 Å². The van der Waals surface area contributed by atoms with E-state index in [1.165, 1.54) is 4.90 Å². The molecule has 1 saturated heterocycles. The maximum absolute atomic E-state index is 12.0. The topological polar surface area (TPSA) is 67.9 Å². The van der Waals surface area contributed by atoms with Gasteiger partial charge in [-0.15, -0.1) is 0 Å². The van der Waals surface area contributed by atoms with Crippen LogP contribution in [0.15, 0.2) is 0 Å². The fraction of sp³-hybridized carbons (Fsp3) is 0.818. The van der Waals surface area contributed by atoms with E-state index < -0.39 is 12.1 Å². The second-order valence-electron chi connectivity index (χ2n) is 4.21. The molecule has 1 rings (SSSR count). The lowest BCUT2D eigenvalue weighted by Crippen LogP contribution is -2.62. The Kier molecular flexibility index (Phi) is 4.89. The number of amides is 2. The largest absolute Gasteiger partial charge is 0.382 e. The summed E-state index contributed by atoms with van der Waals surface area (Å²) in [5, 5.41) is 2.63. The lowest BCUT2D eigenvalue weighted by Gasteiger charge is -2.37. The number of carbonyl (C=O) groups excluding carboxylic acids is 2. The van der Waals surface area contributed by atoms with Crippen LogP contribution in [0, 0.1) is 0 Å². The molecule has 3 unspecified atom stereocenters. The second kappa shape index (κ2) is 5.97. The Bertz CT molecular complexity index is 295. The zero-order valence-corrected chi connectivity index (χ0v) is 10.7. The fourth-order valence-electron chi connectivity index (χ4n) is 1.83. The first-order valence-electron chi connectivity index (χ1n) is 5.63. The first-order chi connectivity index (χ1) is 8.01. The van der Waals surface area contributed by atoms with E-state index in [4.69, 9.17) is 9.47 Å². The third kappa shape index (κ3) is 3.17. The smallest absolute Gasteiger partial charge is 0.245 e. The lowest BCUT2D eigenvalue weighted by atomic mass is 10.1. The minimum Gasteiger partial charge on any atom is -0.382 e. The van der Waals surface area contributed by atoms with Crippen LogP contribution in [0.2, 0.25) is 0 Å². The number of methoxy groups -OCH3 is 2. The highest BCUT2D eigenvalue weighted by Crippen LogP contribution is 2.11. The maximum Gasteiger partial charge on any atom is 0.245 e. The quantitative estimate of drug-likeness (QED) is 0.700. The van der Waals surface area contributed by atoms with Gasteiger partial charge in [0.15, 0.2) is 0 Å². The summed E-state index contributed by atoms with van der Waals surface area (Å²) < 4.78 is 10.2. The molecule has 0 aromatic heterocycles. The van der Waals surface area contributed by atoms with Gasteiger partial charge >= 0.3 is 0 Å². The Balaban J connectivity index is 2.71. The van der Waals surface area contributed by atoms with Crippen molar-refractivity contribution < 1.29 is 19.1 Å². The van der Waals surface area contributed by atoms with Crippen molar-refractivity contribution >= 4 is 11.8 Å². The molecule has 0 spiro atoms. The first-order valence-corrected chi connectivity index (χ1v) is 5.63. The van der Waals surface area contributed by atoms with Gasteiger partial charge in [0.2, 0.25) is 11.8 Å². The van der Waals surface area contributed by atoms with E-state index in [9.17, 15) is 9.59 Å². The van der Waals surface area contributed by atoms with Crippen LogP contribution in [-0.4, -0.2) is 62.3 Å². The summed E-state index contributed by atoms with van der Waals surface area (Å²) in [5.74, 6) is -0.223. The van der Waals surface area contributed by atoms with Crippen LogP contribution < -0.4 is 5.32 Å². The van der Waals surface area contributed by atoms with E-state index in [0.29, 0.717) is 13.2 Å². The molecule has 1 heterocycles. The van der Waals surface area contributed by atoms with Crippen LogP contribution in [0.3, 0.4) is 0 Å². The lowest BCUT2D eigenvalue weighted by molar-refractivity contribution is -0.150. The molecule has 1 aliphatic heterocycles. The van der Waals surface area contributed by atoms with Crippen molar-refractivity contribution in [1.29, 1.82) is 0 Å². The van der Waals surface area contributed by atoms with E-state index in [1.54, 1.807) is 28.1 Å². The number of ether oxygens (including phenoxy) is 2. The van der Waals surface area contributed by atoms with Crippen molar-refractivity contribution in [3.05, 3.63) is 0 Å². The van der Waals surface area contributed by atoms with Gasteiger partial charge in [-0.2, -0.15) is 0 Å². The Morgan fingerprint density at radius 3 is 2.53 bits per heavy atom. The average molecular weight is 244 g/mol. The van der Waals surface area contributed by atoms with Crippen molar-refractivity contribution in [2.45, 2.75) is 32.0 Å². The second-order valence-corrected chi connectivity index (χ2v) is 4.21. The molecule has 98 valence electrons. The zero-order chi connectivity index (χ0) is 13.0. The number of hydrogen-bond acceptors (Lipinski definition) is 4. The zero-order valence-electron chi connectivity index (χ0n) is 10.7. The molecular formula is C11H20N2O4. The summed E-state index contributed by atoms with van der Waals surface area (Å²) in [6, 6.07) is -0.938. The Morgan fingerprint density at radius 2 is 2.00 bits per heavy atom. The third-order valence-electron chi connectivity index (χ3n) is 2.95. The van der Waals surface area contributed by atoms with E-state index in [1.807, 2.05) is 0 Å². The summed E-state index contributed by atoms with van der Waals surface area (Å²) >= 11 is 0. The van der Waals surface area contributed by atoms with Crippen molar-refractivity contribution in [2.75, 3.05) is 27.4 Å². The fourth-order valence-corrected chi connectivity index (χ4v) is 1.83. The van der Waals surface area contributed by atoms with Gasteiger partial charge < -0.3 is 19.7 Å². The Hall–Kier alpha value is -1.14. The van der Waals surface area contributed by atoms with Gasteiger partial charge in [-0.3, -0.25) is 9.59 Å². The number of carbonyl (C=O) groups is 2.